The van der Waals surface area contributed by atoms with Crippen molar-refractivity contribution in [1.82, 2.24) is 5.32 Å². The average Bonchev–Trinajstić information content (AvgIpc) is 2.48. The van der Waals surface area contributed by atoms with E-state index in [0.717, 1.165) is 35.6 Å². The van der Waals surface area contributed by atoms with Crippen molar-refractivity contribution in [1.29, 1.82) is 0 Å². The van der Waals surface area contributed by atoms with Gasteiger partial charge in [-0.25, -0.2) is 0 Å². The Hall–Kier alpha value is -0.730. The number of nitrogens with one attached hydrogen (secondary N) is 1. The first-order chi connectivity index (χ1) is 10.1. The third-order valence-electron chi connectivity index (χ3n) is 4.78. The molecule has 0 heterocycles. The third kappa shape index (κ3) is 4.62. The van der Waals surface area contributed by atoms with Crippen molar-refractivity contribution in [2.75, 3.05) is 13.7 Å². The number of halogens is 1. The van der Waals surface area contributed by atoms with Gasteiger partial charge in [-0.1, -0.05) is 38.3 Å². The number of benzene rings is 1. The number of rotatable bonds is 6. The molecule has 0 aromatic heterocycles. The fourth-order valence-corrected chi connectivity index (χ4v) is 3.69. The second-order valence-corrected chi connectivity index (χ2v) is 6.78. The van der Waals surface area contributed by atoms with Gasteiger partial charge < -0.3 is 10.1 Å². The fraction of sp³-hybridized carbons (Fsp3) is 0.667. The van der Waals surface area contributed by atoms with E-state index < -0.39 is 0 Å². The van der Waals surface area contributed by atoms with Crippen molar-refractivity contribution in [3.05, 3.63) is 28.8 Å². The molecule has 118 valence electrons. The Morgan fingerprint density at radius 3 is 2.62 bits per heavy atom. The molecule has 1 atom stereocenters. The van der Waals surface area contributed by atoms with Crippen molar-refractivity contribution in [3.8, 4) is 5.75 Å². The van der Waals surface area contributed by atoms with Crippen LogP contribution in [0.4, 0.5) is 0 Å². The van der Waals surface area contributed by atoms with Gasteiger partial charge in [0.1, 0.15) is 5.75 Å². The van der Waals surface area contributed by atoms with Gasteiger partial charge in [0.15, 0.2) is 0 Å². The van der Waals surface area contributed by atoms with E-state index in [-0.39, 0.29) is 0 Å². The molecule has 1 N–H and O–H groups in total. The van der Waals surface area contributed by atoms with Crippen LogP contribution in [0, 0.1) is 11.8 Å². The number of hydrogen-bond donors (Lipinski definition) is 1. The molecule has 0 radical (unpaired) electrons. The molecule has 1 aliphatic carbocycles. The number of likely N-dealkylation sites (N-methyl/N-ethyl adjacent to an activating group) is 1. The molecule has 0 aliphatic heterocycles. The minimum atomic E-state index is 0.523. The Balaban J connectivity index is 2.10. The number of hydrogen-bond acceptors (Lipinski definition) is 2. The monoisotopic (exact) mass is 309 g/mol. The van der Waals surface area contributed by atoms with Gasteiger partial charge in [-0.05, 0) is 61.4 Å². The molecule has 0 spiro atoms. The maximum absolute atomic E-state index is 6.16. The minimum Gasteiger partial charge on any atom is -0.496 e. The van der Waals surface area contributed by atoms with E-state index >= 15 is 0 Å². The highest BCUT2D eigenvalue weighted by Crippen LogP contribution is 2.33. The lowest BCUT2D eigenvalue weighted by Crippen LogP contribution is -2.39. The molecular weight excluding hydrogens is 282 g/mol. The molecular formula is C18H28ClNO. The Morgan fingerprint density at radius 2 is 2.00 bits per heavy atom. The number of methoxy groups -OCH3 is 1. The first-order valence-electron chi connectivity index (χ1n) is 8.19. The van der Waals surface area contributed by atoms with Crippen LogP contribution >= 0.6 is 11.6 Å². The fourth-order valence-electron chi connectivity index (χ4n) is 3.50. The van der Waals surface area contributed by atoms with E-state index in [9.17, 15) is 0 Å². The Morgan fingerprint density at radius 1 is 1.29 bits per heavy atom. The van der Waals surface area contributed by atoms with Crippen LogP contribution in [0.5, 0.6) is 5.75 Å². The van der Waals surface area contributed by atoms with Crippen LogP contribution in [0.15, 0.2) is 18.2 Å². The summed E-state index contributed by atoms with van der Waals surface area (Å²) < 4.78 is 5.50. The molecule has 1 fully saturated rings. The van der Waals surface area contributed by atoms with Gasteiger partial charge in [-0.15, -0.1) is 0 Å². The summed E-state index contributed by atoms with van der Waals surface area (Å²) in [6.07, 6.45) is 6.39. The molecule has 1 aromatic rings. The predicted molar refractivity (Wildman–Crippen MR) is 90.3 cm³/mol. The highest BCUT2D eigenvalue weighted by atomic mass is 35.5. The molecule has 3 heteroatoms. The third-order valence-corrected chi connectivity index (χ3v) is 5.01. The molecule has 2 nitrogen and oxygen atoms in total. The smallest absolute Gasteiger partial charge is 0.122 e. The molecule has 1 aliphatic rings. The van der Waals surface area contributed by atoms with Crippen LogP contribution in [0.2, 0.25) is 5.02 Å². The number of ether oxygens (including phenoxy) is 1. The quantitative estimate of drug-likeness (QED) is 0.822. The van der Waals surface area contributed by atoms with E-state index in [1.165, 1.54) is 31.2 Å². The van der Waals surface area contributed by atoms with E-state index in [4.69, 9.17) is 16.3 Å². The lowest BCUT2D eigenvalue weighted by Gasteiger charge is -2.33. The van der Waals surface area contributed by atoms with Gasteiger partial charge >= 0.3 is 0 Å². The topological polar surface area (TPSA) is 21.3 Å². The van der Waals surface area contributed by atoms with Crippen molar-refractivity contribution < 1.29 is 4.74 Å². The normalized spacial score (nSPS) is 23.8. The van der Waals surface area contributed by atoms with Crippen molar-refractivity contribution in [3.63, 3.8) is 0 Å². The van der Waals surface area contributed by atoms with Crippen LogP contribution in [-0.4, -0.2) is 19.7 Å². The van der Waals surface area contributed by atoms with Gasteiger partial charge in [0.25, 0.3) is 0 Å². The van der Waals surface area contributed by atoms with Crippen molar-refractivity contribution in [2.45, 2.75) is 52.0 Å². The van der Waals surface area contributed by atoms with E-state index in [1.807, 2.05) is 12.1 Å². The standard InChI is InChI=1S/C18H28ClNO/c1-4-20-17(14-7-5-13(2)6-8-14)12-15-11-16(19)9-10-18(15)21-3/h9-11,13-14,17,20H,4-8,12H2,1-3H3. The summed E-state index contributed by atoms with van der Waals surface area (Å²) in [5.41, 5.74) is 1.22. The molecule has 21 heavy (non-hydrogen) atoms. The Bertz CT molecular complexity index is 441. The van der Waals surface area contributed by atoms with Crippen LogP contribution in [0.3, 0.4) is 0 Å². The highest BCUT2D eigenvalue weighted by molar-refractivity contribution is 6.30. The first-order valence-corrected chi connectivity index (χ1v) is 8.57. The summed E-state index contributed by atoms with van der Waals surface area (Å²) in [6.45, 7) is 5.58. The predicted octanol–water partition coefficient (Wildman–Crippen LogP) is 4.70. The zero-order valence-corrected chi connectivity index (χ0v) is 14.2. The maximum Gasteiger partial charge on any atom is 0.122 e. The van der Waals surface area contributed by atoms with Gasteiger partial charge in [-0.2, -0.15) is 0 Å². The van der Waals surface area contributed by atoms with Gasteiger partial charge in [0.05, 0.1) is 7.11 Å². The largest absolute Gasteiger partial charge is 0.496 e. The second-order valence-electron chi connectivity index (χ2n) is 6.34. The van der Waals surface area contributed by atoms with Crippen molar-refractivity contribution >= 4 is 11.6 Å². The zero-order valence-electron chi connectivity index (χ0n) is 13.5. The van der Waals surface area contributed by atoms with Gasteiger partial charge in [0, 0.05) is 11.1 Å². The summed E-state index contributed by atoms with van der Waals surface area (Å²) in [6, 6.07) is 6.45. The SMILES string of the molecule is CCNC(Cc1cc(Cl)ccc1OC)C1CCC(C)CC1. The molecule has 1 aromatic carbocycles. The van der Waals surface area contributed by atoms with Crippen molar-refractivity contribution in [2.24, 2.45) is 11.8 Å². The molecule has 1 unspecified atom stereocenters. The highest BCUT2D eigenvalue weighted by Gasteiger charge is 2.26. The first kappa shape index (κ1) is 16.6. The molecule has 2 rings (SSSR count). The average molecular weight is 310 g/mol. The van der Waals surface area contributed by atoms with Crippen LogP contribution in [0.25, 0.3) is 0 Å². The Labute approximate surface area is 134 Å². The molecule has 1 saturated carbocycles. The van der Waals surface area contributed by atoms with Gasteiger partial charge in [0.2, 0.25) is 0 Å². The van der Waals surface area contributed by atoms with E-state index in [2.05, 4.69) is 25.2 Å². The maximum atomic E-state index is 6.16. The summed E-state index contributed by atoms with van der Waals surface area (Å²) in [5, 5.41) is 4.48. The zero-order chi connectivity index (χ0) is 15.2. The molecule has 0 saturated heterocycles. The summed E-state index contributed by atoms with van der Waals surface area (Å²) in [7, 11) is 1.73. The van der Waals surface area contributed by atoms with E-state index in [0.29, 0.717) is 6.04 Å². The lowest BCUT2D eigenvalue weighted by molar-refractivity contribution is 0.229. The summed E-state index contributed by atoms with van der Waals surface area (Å²) >= 11 is 6.16. The minimum absolute atomic E-state index is 0.523. The Kier molecular flexibility index (Phi) is 6.38. The summed E-state index contributed by atoms with van der Waals surface area (Å²) in [4.78, 5) is 0. The lowest BCUT2D eigenvalue weighted by atomic mass is 9.77. The van der Waals surface area contributed by atoms with Crippen LogP contribution in [-0.2, 0) is 6.42 Å². The summed E-state index contributed by atoms with van der Waals surface area (Å²) in [5.74, 6) is 2.61. The molecule has 0 amide bonds. The van der Waals surface area contributed by atoms with E-state index in [1.54, 1.807) is 7.11 Å². The van der Waals surface area contributed by atoms with Gasteiger partial charge in [-0.3, -0.25) is 0 Å². The second kappa shape index (κ2) is 8.05. The molecule has 0 bridgehead atoms. The van der Waals surface area contributed by atoms with Crippen LogP contribution < -0.4 is 10.1 Å². The van der Waals surface area contributed by atoms with Crippen LogP contribution in [0.1, 0.15) is 45.1 Å².